The van der Waals surface area contributed by atoms with Crippen molar-refractivity contribution in [2.45, 2.75) is 24.8 Å². The second-order valence-corrected chi connectivity index (χ2v) is 9.25. The molecule has 0 fully saturated rings. The molecule has 2 aromatic rings. The van der Waals surface area contributed by atoms with E-state index in [1.54, 1.807) is 6.92 Å². The number of rotatable bonds is 8. The van der Waals surface area contributed by atoms with Crippen LogP contribution in [0.2, 0.25) is 10.0 Å². The first-order chi connectivity index (χ1) is 14.5. The minimum absolute atomic E-state index is 0.0342. The normalized spacial score (nSPS) is 11.4. The molecule has 0 saturated heterocycles. The minimum atomic E-state index is -3.93. The summed E-state index contributed by atoms with van der Waals surface area (Å²) in [6.45, 7) is 1.08. The van der Waals surface area contributed by atoms with Crippen LogP contribution >= 0.6 is 23.2 Å². The number of carbonyl (C=O) groups is 2. The number of esters is 1. The zero-order valence-corrected chi connectivity index (χ0v) is 19.2. The Balaban J connectivity index is 2.20. The van der Waals surface area contributed by atoms with Gasteiger partial charge in [-0.15, -0.1) is 0 Å². The van der Waals surface area contributed by atoms with Crippen LogP contribution in [-0.2, 0) is 30.9 Å². The largest absolute Gasteiger partial charge is 0.469 e. The first-order valence-electron chi connectivity index (χ1n) is 8.82. The summed E-state index contributed by atoms with van der Waals surface area (Å²) < 4.78 is 32.1. The summed E-state index contributed by atoms with van der Waals surface area (Å²) >= 11 is 11.5. The van der Waals surface area contributed by atoms with E-state index in [1.165, 1.54) is 32.4 Å². The van der Waals surface area contributed by atoms with Gasteiger partial charge in [0.2, 0.25) is 15.9 Å². The van der Waals surface area contributed by atoms with Crippen LogP contribution in [0.4, 0.5) is 5.69 Å². The number of aromatic nitrogens is 2. The van der Waals surface area contributed by atoms with Crippen LogP contribution in [0.15, 0.2) is 34.1 Å². The summed E-state index contributed by atoms with van der Waals surface area (Å²) in [5.74, 6) is -1.16. The maximum absolute atomic E-state index is 12.9. The number of nitrogens with one attached hydrogen (secondary N) is 1. The molecule has 0 unspecified atom stereocenters. The van der Waals surface area contributed by atoms with Crippen molar-refractivity contribution >= 4 is 50.8 Å². The number of nitrogens with zero attached hydrogens (tertiary/aromatic N) is 3. The van der Waals surface area contributed by atoms with E-state index in [4.69, 9.17) is 23.2 Å². The smallest absolute Gasteiger partial charge is 0.306 e. The first kappa shape index (κ1) is 24.8. The third-order valence-corrected chi connectivity index (χ3v) is 7.00. The van der Waals surface area contributed by atoms with Crippen LogP contribution in [0.5, 0.6) is 0 Å². The Bertz CT molecular complexity index is 1170. The molecule has 1 N–H and O–H groups in total. The summed E-state index contributed by atoms with van der Waals surface area (Å²) in [5.41, 5.74) is -0.0855. The lowest BCUT2D eigenvalue weighted by molar-refractivity contribution is -0.140. The Morgan fingerprint density at radius 1 is 1.29 bits per heavy atom. The number of aryl methyl sites for hydroxylation is 1. The Hall–Kier alpha value is -2.47. The van der Waals surface area contributed by atoms with Crippen molar-refractivity contribution in [3.63, 3.8) is 0 Å². The zero-order valence-electron chi connectivity index (χ0n) is 16.9. The van der Waals surface area contributed by atoms with E-state index < -0.39 is 34.0 Å². The van der Waals surface area contributed by atoms with Crippen LogP contribution < -0.4 is 10.9 Å². The van der Waals surface area contributed by atoms with Gasteiger partial charge in [-0.25, -0.2) is 17.4 Å². The van der Waals surface area contributed by atoms with Gasteiger partial charge in [0.05, 0.1) is 29.6 Å². The standard InChI is InChI=1S/C18H20Cl2N4O6S/c1-11-4-5-12(8-14(11)31(28,29)23(2)7-6-16(26)30-3)22-15(25)10-24-18(27)17(20)13(19)9-21-24/h4-5,8-9H,6-7,10H2,1-3H3,(H,22,25). The van der Waals surface area contributed by atoms with Crippen molar-refractivity contribution in [3.8, 4) is 0 Å². The molecule has 0 aliphatic rings. The molecule has 0 aliphatic heterocycles. The molecule has 31 heavy (non-hydrogen) atoms. The summed E-state index contributed by atoms with van der Waals surface area (Å²) in [4.78, 5) is 35.6. The third-order valence-electron chi connectivity index (χ3n) is 4.25. The van der Waals surface area contributed by atoms with Crippen LogP contribution in [0.25, 0.3) is 0 Å². The molecular formula is C18H20Cl2N4O6S. The Morgan fingerprint density at radius 3 is 2.61 bits per heavy atom. The number of anilines is 1. The van der Waals surface area contributed by atoms with Gasteiger partial charge >= 0.3 is 5.97 Å². The lowest BCUT2D eigenvalue weighted by Crippen LogP contribution is -2.31. The number of methoxy groups -OCH3 is 1. The van der Waals surface area contributed by atoms with Gasteiger partial charge in [-0.3, -0.25) is 14.4 Å². The van der Waals surface area contributed by atoms with Gasteiger partial charge < -0.3 is 10.1 Å². The molecule has 10 nitrogen and oxygen atoms in total. The molecule has 0 bridgehead atoms. The Morgan fingerprint density at radius 2 is 1.97 bits per heavy atom. The summed E-state index contributed by atoms with van der Waals surface area (Å²) in [7, 11) is -1.38. The molecule has 0 spiro atoms. The molecule has 1 aromatic heterocycles. The predicted octanol–water partition coefficient (Wildman–Crippen LogP) is 1.68. The molecular weight excluding hydrogens is 471 g/mol. The quantitative estimate of drug-likeness (QED) is 0.557. The third kappa shape index (κ3) is 6.03. The molecule has 0 saturated carbocycles. The number of carbonyl (C=O) groups excluding carboxylic acids is 2. The van der Waals surface area contributed by atoms with Gasteiger partial charge in [-0.2, -0.15) is 5.10 Å². The Kier molecular flexibility index (Phi) is 8.18. The fraction of sp³-hybridized carbons (Fsp3) is 0.333. The van der Waals surface area contributed by atoms with Crippen LogP contribution in [0, 0.1) is 6.92 Å². The maximum Gasteiger partial charge on any atom is 0.306 e. The van der Waals surface area contributed by atoms with Crippen LogP contribution in [-0.4, -0.2) is 55.1 Å². The second-order valence-electron chi connectivity index (χ2n) is 6.45. The number of hydrogen-bond donors (Lipinski definition) is 1. The average Bonchev–Trinajstić information content (AvgIpc) is 2.73. The highest BCUT2D eigenvalue weighted by Gasteiger charge is 2.24. The van der Waals surface area contributed by atoms with E-state index in [1.807, 2.05) is 0 Å². The highest BCUT2D eigenvalue weighted by atomic mass is 35.5. The number of halogens is 2. The highest BCUT2D eigenvalue weighted by molar-refractivity contribution is 7.89. The van der Waals surface area contributed by atoms with Crippen molar-refractivity contribution in [2.75, 3.05) is 26.0 Å². The Labute approximate surface area is 188 Å². The van der Waals surface area contributed by atoms with E-state index in [0.29, 0.717) is 5.56 Å². The van der Waals surface area contributed by atoms with Gasteiger partial charge in [-0.1, -0.05) is 29.3 Å². The minimum Gasteiger partial charge on any atom is -0.469 e. The fourth-order valence-corrected chi connectivity index (χ4v) is 4.18. The molecule has 13 heteroatoms. The van der Waals surface area contributed by atoms with E-state index in [-0.39, 0.29) is 33.6 Å². The number of benzene rings is 1. The molecule has 0 atom stereocenters. The lowest BCUT2D eigenvalue weighted by atomic mass is 10.2. The van der Waals surface area contributed by atoms with Crippen molar-refractivity contribution in [1.82, 2.24) is 14.1 Å². The monoisotopic (exact) mass is 490 g/mol. The molecule has 1 aromatic carbocycles. The van der Waals surface area contributed by atoms with Crippen molar-refractivity contribution in [3.05, 3.63) is 50.4 Å². The van der Waals surface area contributed by atoms with Gasteiger partial charge in [0.15, 0.2) is 0 Å². The predicted molar refractivity (Wildman–Crippen MR) is 115 cm³/mol. The summed E-state index contributed by atoms with van der Waals surface area (Å²) in [6, 6.07) is 4.34. The lowest BCUT2D eigenvalue weighted by Gasteiger charge is -2.19. The number of ether oxygens (including phenoxy) is 1. The number of amides is 1. The SMILES string of the molecule is COC(=O)CCN(C)S(=O)(=O)c1cc(NC(=O)Cn2ncc(Cl)c(Cl)c2=O)ccc1C. The van der Waals surface area contributed by atoms with Crippen LogP contribution in [0.1, 0.15) is 12.0 Å². The zero-order chi connectivity index (χ0) is 23.3. The van der Waals surface area contributed by atoms with E-state index in [0.717, 1.165) is 15.2 Å². The molecule has 0 aliphatic carbocycles. The van der Waals surface area contributed by atoms with E-state index >= 15 is 0 Å². The van der Waals surface area contributed by atoms with E-state index in [9.17, 15) is 22.8 Å². The number of hydrogen-bond acceptors (Lipinski definition) is 7. The van der Waals surface area contributed by atoms with Crippen LogP contribution in [0.3, 0.4) is 0 Å². The van der Waals surface area contributed by atoms with E-state index in [2.05, 4.69) is 15.2 Å². The summed E-state index contributed by atoms with van der Waals surface area (Å²) in [6.07, 6.45) is 1.03. The maximum atomic E-state index is 12.9. The summed E-state index contributed by atoms with van der Waals surface area (Å²) in [5, 5.41) is 5.97. The van der Waals surface area contributed by atoms with Crippen molar-refractivity contribution < 1.29 is 22.7 Å². The van der Waals surface area contributed by atoms with Gasteiger partial charge in [-0.05, 0) is 24.6 Å². The highest BCUT2D eigenvalue weighted by Crippen LogP contribution is 2.23. The first-order valence-corrected chi connectivity index (χ1v) is 11.0. The fourth-order valence-electron chi connectivity index (χ4n) is 2.49. The molecule has 1 amide bonds. The van der Waals surface area contributed by atoms with Gasteiger partial charge in [0.1, 0.15) is 11.6 Å². The molecule has 0 radical (unpaired) electrons. The van der Waals surface area contributed by atoms with Gasteiger partial charge in [0, 0.05) is 19.3 Å². The topological polar surface area (TPSA) is 128 Å². The molecule has 2 rings (SSSR count). The van der Waals surface area contributed by atoms with Crippen molar-refractivity contribution in [2.24, 2.45) is 0 Å². The number of sulfonamides is 1. The van der Waals surface area contributed by atoms with Gasteiger partial charge in [0.25, 0.3) is 5.56 Å². The second kappa shape index (κ2) is 10.2. The van der Waals surface area contributed by atoms with Crippen molar-refractivity contribution in [1.29, 1.82) is 0 Å². The average molecular weight is 491 g/mol. The molecule has 1 heterocycles. The molecule has 168 valence electrons.